The first-order valence-electron chi connectivity index (χ1n) is 8.35. The zero-order valence-corrected chi connectivity index (χ0v) is 14.2. The van der Waals surface area contributed by atoms with Gasteiger partial charge < -0.3 is 19.3 Å². The third-order valence-electron chi connectivity index (χ3n) is 4.74. The lowest BCUT2D eigenvalue weighted by Crippen LogP contribution is -2.43. The summed E-state index contributed by atoms with van der Waals surface area (Å²) in [5.74, 6) is 2.63. The van der Waals surface area contributed by atoms with Crippen molar-refractivity contribution in [2.24, 2.45) is 0 Å². The Labute approximate surface area is 142 Å². The number of para-hydroxylation sites is 1. The van der Waals surface area contributed by atoms with Crippen molar-refractivity contribution in [1.82, 2.24) is 9.80 Å². The Bertz CT molecular complexity index is 777. The lowest BCUT2D eigenvalue weighted by atomic mass is 10.1. The summed E-state index contributed by atoms with van der Waals surface area (Å²) in [5.41, 5.74) is 3.42. The van der Waals surface area contributed by atoms with Crippen LogP contribution in [-0.2, 0) is 0 Å². The molecule has 0 aromatic heterocycles. The molecule has 124 valence electrons. The summed E-state index contributed by atoms with van der Waals surface area (Å²) in [6.45, 7) is 4.17. The van der Waals surface area contributed by atoms with Crippen molar-refractivity contribution in [1.29, 1.82) is 0 Å². The van der Waals surface area contributed by atoms with Crippen LogP contribution in [0.3, 0.4) is 0 Å². The van der Waals surface area contributed by atoms with E-state index in [1.165, 1.54) is 5.70 Å². The van der Waals surface area contributed by atoms with Gasteiger partial charge in [-0.2, -0.15) is 0 Å². The van der Waals surface area contributed by atoms with Crippen molar-refractivity contribution < 1.29 is 9.47 Å². The monoisotopic (exact) mass is 322 g/mol. The maximum absolute atomic E-state index is 6.20. The largest absolute Gasteiger partial charge is 0.497 e. The van der Waals surface area contributed by atoms with Crippen LogP contribution in [0.1, 0.15) is 11.1 Å². The van der Waals surface area contributed by atoms with Crippen LogP contribution in [-0.4, -0.2) is 50.1 Å². The van der Waals surface area contributed by atoms with Crippen molar-refractivity contribution in [2.75, 3.05) is 40.3 Å². The van der Waals surface area contributed by atoms with Crippen LogP contribution in [0, 0.1) is 0 Å². The van der Waals surface area contributed by atoms with E-state index in [1.54, 1.807) is 7.11 Å². The normalized spacial score (nSPS) is 17.2. The first-order chi connectivity index (χ1) is 11.7. The fourth-order valence-electron chi connectivity index (χ4n) is 3.27. The summed E-state index contributed by atoms with van der Waals surface area (Å²) in [4.78, 5) is 4.81. The minimum absolute atomic E-state index is 0.850. The molecule has 0 amide bonds. The molecule has 0 saturated carbocycles. The summed E-state index contributed by atoms with van der Waals surface area (Å²) in [7, 11) is 3.88. The number of hydrogen-bond donors (Lipinski definition) is 0. The van der Waals surface area contributed by atoms with Gasteiger partial charge in [-0.25, -0.2) is 0 Å². The number of piperazine rings is 1. The third kappa shape index (κ3) is 2.74. The lowest BCUT2D eigenvalue weighted by Gasteiger charge is -2.35. The van der Waals surface area contributed by atoms with Gasteiger partial charge in [0.2, 0.25) is 0 Å². The van der Waals surface area contributed by atoms with Crippen LogP contribution in [0.4, 0.5) is 0 Å². The molecule has 0 radical (unpaired) electrons. The van der Waals surface area contributed by atoms with Gasteiger partial charge in [0.25, 0.3) is 0 Å². The van der Waals surface area contributed by atoms with Crippen LogP contribution in [0.2, 0.25) is 0 Å². The number of rotatable bonds is 2. The molecule has 0 atom stereocenters. The second-order valence-electron chi connectivity index (χ2n) is 6.32. The van der Waals surface area contributed by atoms with E-state index in [4.69, 9.17) is 9.47 Å². The number of methoxy groups -OCH3 is 1. The Morgan fingerprint density at radius 3 is 2.54 bits per heavy atom. The highest BCUT2D eigenvalue weighted by Crippen LogP contribution is 2.40. The van der Waals surface area contributed by atoms with E-state index in [0.29, 0.717) is 0 Å². The maximum atomic E-state index is 6.20. The molecule has 4 nitrogen and oxygen atoms in total. The Hall–Kier alpha value is -2.46. The van der Waals surface area contributed by atoms with Gasteiger partial charge in [0.1, 0.15) is 17.2 Å². The van der Waals surface area contributed by atoms with Crippen molar-refractivity contribution in [3.05, 3.63) is 53.6 Å². The summed E-state index contributed by atoms with van der Waals surface area (Å²) < 4.78 is 11.6. The molecule has 2 heterocycles. The topological polar surface area (TPSA) is 24.9 Å². The molecule has 1 saturated heterocycles. The van der Waals surface area contributed by atoms with Crippen LogP contribution in [0.25, 0.3) is 11.8 Å². The second kappa shape index (κ2) is 6.21. The first-order valence-corrected chi connectivity index (χ1v) is 8.35. The molecule has 2 aromatic rings. The average molecular weight is 322 g/mol. The van der Waals surface area contributed by atoms with E-state index in [-0.39, 0.29) is 0 Å². The quantitative estimate of drug-likeness (QED) is 0.844. The van der Waals surface area contributed by atoms with E-state index < -0.39 is 0 Å². The molecule has 4 rings (SSSR count). The first kappa shape index (κ1) is 15.1. The Morgan fingerprint density at radius 2 is 1.75 bits per heavy atom. The van der Waals surface area contributed by atoms with Crippen molar-refractivity contribution in [2.45, 2.75) is 0 Å². The smallest absolute Gasteiger partial charge is 0.137 e. The summed E-state index contributed by atoms with van der Waals surface area (Å²) in [6.07, 6.45) is 2.24. The zero-order chi connectivity index (χ0) is 16.5. The molecule has 0 bridgehead atoms. The highest BCUT2D eigenvalue weighted by atomic mass is 16.5. The van der Waals surface area contributed by atoms with Crippen LogP contribution in [0.5, 0.6) is 17.2 Å². The zero-order valence-electron chi connectivity index (χ0n) is 14.2. The second-order valence-corrected chi connectivity index (χ2v) is 6.32. The number of likely N-dealkylation sites (N-methyl/N-ethyl adjacent to an activating group) is 1. The predicted molar refractivity (Wildman–Crippen MR) is 96.5 cm³/mol. The molecule has 2 aliphatic heterocycles. The summed E-state index contributed by atoms with van der Waals surface area (Å²) in [6, 6.07) is 14.2. The van der Waals surface area contributed by atoms with Gasteiger partial charge in [-0.05, 0) is 37.4 Å². The van der Waals surface area contributed by atoms with Crippen molar-refractivity contribution >= 4 is 11.8 Å². The standard InChI is InChI=1S/C20H22N2O2/c1-21-9-11-22(12-10-21)18-13-15-5-3-4-6-19(15)24-20-8-7-16(23-2)14-17(18)20/h3-8,13-14H,9-12H2,1-2H3. The molecule has 0 spiro atoms. The molecule has 2 aliphatic rings. The highest BCUT2D eigenvalue weighted by Gasteiger charge is 2.23. The van der Waals surface area contributed by atoms with Gasteiger partial charge in [0.15, 0.2) is 0 Å². The molecule has 0 unspecified atom stereocenters. The van der Waals surface area contributed by atoms with E-state index in [1.807, 2.05) is 24.3 Å². The summed E-state index contributed by atoms with van der Waals surface area (Å²) >= 11 is 0. The maximum Gasteiger partial charge on any atom is 0.137 e. The number of benzene rings is 2. The number of ether oxygens (including phenoxy) is 2. The minimum atomic E-state index is 0.850. The van der Waals surface area contributed by atoms with Gasteiger partial charge in [0, 0.05) is 43.0 Å². The van der Waals surface area contributed by atoms with Gasteiger partial charge in [-0.3, -0.25) is 0 Å². The minimum Gasteiger partial charge on any atom is -0.497 e. The SMILES string of the molecule is COc1ccc2c(c1)C(N1CCN(C)CC1)=Cc1ccccc1O2. The van der Waals surface area contributed by atoms with Gasteiger partial charge in [0.05, 0.1) is 7.11 Å². The molecular weight excluding hydrogens is 300 g/mol. The Morgan fingerprint density at radius 1 is 0.958 bits per heavy atom. The van der Waals surface area contributed by atoms with Gasteiger partial charge in [-0.1, -0.05) is 18.2 Å². The van der Waals surface area contributed by atoms with Crippen molar-refractivity contribution in [3.63, 3.8) is 0 Å². The van der Waals surface area contributed by atoms with E-state index >= 15 is 0 Å². The van der Waals surface area contributed by atoms with E-state index in [9.17, 15) is 0 Å². The molecule has 0 N–H and O–H groups in total. The van der Waals surface area contributed by atoms with Gasteiger partial charge >= 0.3 is 0 Å². The number of nitrogens with zero attached hydrogens (tertiary/aromatic N) is 2. The van der Waals surface area contributed by atoms with E-state index in [2.05, 4.69) is 41.1 Å². The fraction of sp³-hybridized carbons (Fsp3) is 0.300. The van der Waals surface area contributed by atoms with Crippen molar-refractivity contribution in [3.8, 4) is 17.2 Å². The average Bonchev–Trinajstić information content (AvgIpc) is 2.78. The van der Waals surface area contributed by atoms with E-state index in [0.717, 1.165) is 54.6 Å². The number of fused-ring (bicyclic) bond motifs is 2. The molecule has 24 heavy (non-hydrogen) atoms. The molecule has 4 heteroatoms. The fourth-order valence-corrected chi connectivity index (χ4v) is 3.27. The predicted octanol–water partition coefficient (Wildman–Crippen LogP) is 3.55. The van der Waals surface area contributed by atoms with Crippen LogP contribution in [0.15, 0.2) is 42.5 Å². The van der Waals surface area contributed by atoms with Gasteiger partial charge in [-0.15, -0.1) is 0 Å². The lowest BCUT2D eigenvalue weighted by molar-refractivity contribution is 0.207. The molecule has 0 aliphatic carbocycles. The molecule has 2 aromatic carbocycles. The van der Waals surface area contributed by atoms with Crippen LogP contribution < -0.4 is 9.47 Å². The summed E-state index contributed by atoms with van der Waals surface area (Å²) in [5, 5.41) is 0. The third-order valence-corrected chi connectivity index (χ3v) is 4.74. The molecular formula is C20H22N2O2. The Balaban J connectivity index is 1.83. The number of hydrogen-bond acceptors (Lipinski definition) is 4. The Kier molecular flexibility index (Phi) is 3.90. The van der Waals surface area contributed by atoms with Crippen LogP contribution >= 0.6 is 0 Å². The molecule has 1 fully saturated rings. The highest BCUT2D eigenvalue weighted by molar-refractivity contribution is 5.86.